The number of hydrogen-bond donors (Lipinski definition) is 1. The van der Waals surface area contributed by atoms with Crippen LogP contribution in [0.2, 0.25) is 5.02 Å². The second-order valence-electron chi connectivity index (χ2n) is 6.63. The van der Waals surface area contributed by atoms with E-state index in [9.17, 15) is 4.79 Å². The molecule has 5 nitrogen and oxygen atoms in total. The van der Waals surface area contributed by atoms with Crippen LogP contribution in [0.4, 0.5) is 5.69 Å². The van der Waals surface area contributed by atoms with Crippen molar-refractivity contribution in [1.82, 2.24) is 14.5 Å². The van der Waals surface area contributed by atoms with Gasteiger partial charge in [-0.25, -0.2) is 4.98 Å². The summed E-state index contributed by atoms with van der Waals surface area (Å²) >= 11 is 5.95. The van der Waals surface area contributed by atoms with Crippen molar-refractivity contribution in [2.24, 2.45) is 5.92 Å². The summed E-state index contributed by atoms with van der Waals surface area (Å²) in [4.78, 5) is 18.8. The number of nitrogens with zero attached hydrogens (tertiary/aromatic N) is 3. The van der Waals surface area contributed by atoms with Gasteiger partial charge in [-0.2, -0.15) is 0 Å². The summed E-state index contributed by atoms with van der Waals surface area (Å²) in [5.74, 6) is 1.83. The first-order valence-electron chi connectivity index (χ1n) is 8.92. The Hall–Kier alpha value is -1.85. The molecule has 0 unspecified atom stereocenters. The molecule has 134 valence electrons. The highest BCUT2D eigenvalue weighted by Gasteiger charge is 2.21. The lowest BCUT2D eigenvalue weighted by atomic mass is 9.96. The third-order valence-electron chi connectivity index (χ3n) is 4.76. The summed E-state index contributed by atoms with van der Waals surface area (Å²) in [7, 11) is 0. The fraction of sp³-hybridized carbons (Fsp3) is 0.474. The van der Waals surface area contributed by atoms with Crippen molar-refractivity contribution in [3.05, 3.63) is 47.5 Å². The number of hydrogen-bond acceptors (Lipinski definition) is 3. The second kappa shape index (κ2) is 8.50. The molecule has 0 atom stereocenters. The molecule has 1 aliphatic rings. The first kappa shape index (κ1) is 18.0. The highest BCUT2D eigenvalue weighted by Crippen LogP contribution is 2.20. The number of carbonyl (C=O) groups excluding carboxylic acids is 1. The van der Waals surface area contributed by atoms with E-state index in [1.165, 1.54) is 0 Å². The number of carbonyl (C=O) groups is 1. The van der Waals surface area contributed by atoms with E-state index in [0.717, 1.165) is 50.4 Å². The number of nitrogens with one attached hydrogen (secondary N) is 1. The summed E-state index contributed by atoms with van der Waals surface area (Å²) in [6, 6.07) is 7.25. The average Bonchev–Trinajstić information content (AvgIpc) is 3.04. The fourth-order valence-electron chi connectivity index (χ4n) is 3.40. The Kier molecular flexibility index (Phi) is 6.10. The predicted octanol–water partition coefficient (Wildman–Crippen LogP) is 3.45. The Bertz CT molecular complexity index is 707. The quantitative estimate of drug-likeness (QED) is 0.858. The molecule has 0 saturated carbocycles. The molecule has 1 aromatic heterocycles. The van der Waals surface area contributed by atoms with Crippen LogP contribution in [0, 0.1) is 5.92 Å². The summed E-state index contributed by atoms with van der Waals surface area (Å²) in [6.45, 7) is 5.53. The second-order valence-corrected chi connectivity index (χ2v) is 7.06. The molecule has 1 aromatic carbocycles. The van der Waals surface area contributed by atoms with Gasteiger partial charge in [0.15, 0.2) is 0 Å². The maximum atomic E-state index is 12.2. The van der Waals surface area contributed by atoms with E-state index in [1.807, 2.05) is 18.3 Å². The summed E-state index contributed by atoms with van der Waals surface area (Å²) in [6.07, 6.45) is 7.16. The molecule has 2 aromatic rings. The normalized spacial score (nSPS) is 16.1. The third-order valence-corrected chi connectivity index (χ3v) is 4.99. The molecule has 0 radical (unpaired) electrons. The molecule has 1 amide bonds. The lowest BCUT2D eigenvalue weighted by molar-refractivity contribution is -0.117. The van der Waals surface area contributed by atoms with Crippen LogP contribution in [0.3, 0.4) is 0 Å². The molecule has 25 heavy (non-hydrogen) atoms. The Morgan fingerprint density at radius 1 is 1.36 bits per heavy atom. The first-order valence-corrected chi connectivity index (χ1v) is 9.29. The van der Waals surface area contributed by atoms with Gasteiger partial charge in [-0.1, -0.05) is 24.6 Å². The minimum Gasteiger partial charge on any atom is -0.335 e. The summed E-state index contributed by atoms with van der Waals surface area (Å²) in [5, 5.41) is 3.54. The molecule has 1 saturated heterocycles. The zero-order valence-electron chi connectivity index (χ0n) is 14.6. The molecule has 0 aliphatic carbocycles. The van der Waals surface area contributed by atoms with Crippen molar-refractivity contribution in [3.8, 4) is 0 Å². The van der Waals surface area contributed by atoms with Crippen LogP contribution in [0.5, 0.6) is 0 Å². The Morgan fingerprint density at radius 2 is 2.16 bits per heavy atom. The van der Waals surface area contributed by atoms with Crippen LogP contribution in [0.1, 0.15) is 25.6 Å². The smallest absolute Gasteiger partial charge is 0.238 e. The first-order chi connectivity index (χ1) is 12.1. The molecular weight excluding hydrogens is 336 g/mol. The Balaban J connectivity index is 1.43. The zero-order chi connectivity index (χ0) is 17.6. The number of imidazole rings is 1. The standard InChI is InChI=1S/C19H25ClN4O/c1-2-18-21-8-11-24(18)13-15-6-9-23(10-7-15)14-19(25)22-17-5-3-4-16(20)12-17/h3-5,8,11-12,15H,2,6-7,9-10,13-14H2,1H3,(H,22,25). The number of anilines is 1. The fourth-order valence-corrected chi connectivity index (χ4v) is 3.59. The van der Waals surface area contributed by atoms with E-state index in [1.54, 1.807) is 12.1 Å². The SMILES string of the molecule is CCc1nccn1CC1CCN(CC(=O)Nc2cccc(Cl)c2)CC1. The van der Waals surface area contributed by atoms with E-state index in [2.05, 4.69) is 32.9 Å². The number of halogens is 1. The lowest BCUT2D eigenvalue weighted by Crippen LogP contribution is -2.40. The largest absolute Gasteiger partial charge is 0.335 e. The number of likely N-dealkylation sites (tertiary alicyclic amines) is 1. The van der Waals surface area contributed by atoms with Crippen molar-refractivity contribution >= 4 is 23.2 Å². The van der Waals surface area contributed by atoms with E-state index in [-0.39, 0.29) is 5.91 Å². The molecule has 2 heterocycles. The molecule has 0 bridgehead atoms. The number of benzene rings is 1. The topological polar surface area (TPSA) is 50.2 Å². The van der Waals surface area contributed by atoms with Gasteiger partial charge in [0.2, 0.25) is 5.91 Å². The monoisotopic (exact) mass is 360 g/mol. The van der Waals surface area contributed by atoms with Crippen molar-refractivity contribution < 1.29 is 4.79 Å². The van der Waals surface area contributed by atoms with Gasteiger partial charge in [0.05, 0.1) is 6.54 Å². The molecule has 1 aliphatic heterocycles. The van der Waals surface area contributed by atoms with E-state index < -0.39 is 0 Å². The van der Waals surface area contributed by atoms with Crippen LogP contribution in [-0.2, 0) is 17.8 Å². The minimum atomic E-state index is 0.0172. The van der Waals surface area contributed by atoms with Crippen LogP contribution in [-0.4, -0.2) is 40.0 Å². The average molecular weight is 361 g/mol. The van der Waals surface area contributed by atoms with Crippen molar-refractivity contribution in [1.29, 1.82) is 0 Å². The van der Waals surface area contributed by atoms with E-state index in [0.29, 0.717) is 17.5 Å². The van der Waals surface area contributed by atoms with Gasteiger partial charge in [0.25, 0.3) is 0 Å². The van der Waals surface area contributed by atoms with Crippen LogP contribution in [0.15, 0.2) is 36.7 Å². The summed E-state index contributed by atoms with van der Waals surface area (Å²) < 4.78 is 2.27. The van der Waals surface area contributed by atoms with Crippen LogP contribution >= 0.6 is 11.6 Å². The van der Waals surface area contributed by atoms with Gasteiger partial charge in [0, 0.05) is 36.1 Å². The molecule has 6 heteroatoms. The van der Waals surface area contributed by atoms with Gasteiger partial charge in [-0.3, -0.25) is 9.69 Å². The summed E-state index contributed by atoms with van der Waals surface area (Å²) in [5.41, 5.74) is 0.750. The van der Waals surface area contributed by atoms with Gasteiger partial charge >= 0.3 is 0 Å². The zero-order valence-corrected chi connectivity index (χ0v) is 15.4. The maximum absolute atomic E-state index is 12.2. The van der Waals surface area contributed by atoms with Gasteiger partial charge in [0.1, 0.15) is 5.82 Å². The molecule has 0 spiro atoms. The van der Waals surface area contributed by atoms with Crippen molar-refractivity contribution in [2.75, 3.05) is 25.0 Å². The third kappa shape index (κ3) is 5.06. The Morgan fingerprint density at radius 3 is 2.88 bits per heavy atom. The van der Waals surface area contributed by atoms with Gasteiger partial charge < -0.3 is 9.88 Å². The highest BCUT2D eigenvalue weighted by atomic mass is 35.5. The van der Waals surface area contributed by atoms with Crippen LogP contribution in [0.25, 0.3) is 0 Å². The Labute approximate surface area is 154 Å². The van der Waals surface area contributed by atoms with Gasteiger partial charge in [-0.05, 0) is 50.0 Å². The van der Waals surface area contributed by atoms with Crippen molar-refractivity contribution in [3.63, 3.8) is 0 Å². The lowest BCUT2D eigenvalue weighted by Gasteiger charge is -2.31. The maximum Gasteiger partial charge on any atom is 0.238 e. The van der Waals surface area contributed by atoms with Crippen molar-refractivity contribution in [2.45, 2.75) is 32.7 Å². The molecule has 1 fully saturated rings. The van der Waals surface area contributed by atoms with Crippen LogP contribution < -0.4 is 5.32 Å². The minimum absolute atomic E-state index is 0.0172. The number of rotatable bonds is 6. The number of aryl methyl sites for hydroxylation is 1. The van der Waals surface area contributed by atoms with E-state index in [4.69, 9.17) is 11.6 Å². The van der Waals surface area contributed by atoms with E-state index >= 15 is 0 Å². The van der Waals surface area contributed by atoms with Gasteiger partial charge in [-0.15, -0.1) is 0 Å². The number of piperidine rings is 1. The molecule has 3 rings (SSSR count). The number of aromatic nitrogens is 2. The molecule has 1 N–H and O–H groups in total. The highest BCUT2D eigenvalue weighted by molar-refractivity contribution is 6.30. The predicted molar refractivity (Wildman–Crippen MR) is 101 cm³/mol. The molecular formula is C19H25ClN4O. The number of amides is 1.